The van der Waals surface area contributed by atoms with Gasteiger partial charge in [0.1, 0.15) is 0 Å². The van der Waals surface area contributed by atoms with Crippen LogP contribution in [0.15, 0.2) is 0 Å². The van der Waals surface area contributed by atoms with E-state index in [2.05, 4.69) is 4.52 Å². The van der Waals surface area contributed by atoms with Crippen molar-refractivity contribution in [1.29, 1.82) is 0 Å². The van der Waals surface area contributed by atoms with Crippen molar-refractivity contribution in [3.05, 3.63) is 0 Å². The molecule has 0 saturated heterocycles. The molecule has 0 aromatic heterocycles. The summed E-state index contributed by atoms with van der Waals surface area (Å²) in [5.41, 5.74) is 0. The van der Waals surface area contributed by atoms with E-state index in [-0.39, 0.29) is 13.2 Å². The summed E-state index contributed by atoms with van der Waals surface area (Å²) in [7, 11) is -1.44. The van der Waals surface area contributed by atoms with Crippen molar-refractivity contribution in [3.8, 4) is 0 Å². The van der Waals surface area contributed by atoms with Crippen LogP contribution in [0, 0.1) is 0 Å². The zero-order valence-electron chi connectivity index (χ0n) is 5.07. The Hall–Kier alpha value is 0.0700. The van der Waals surface area contributed by atoms with Gasteiger partial charge in [-0.3, -0.25) is 4.57 Å². The lowest BCUT2D eigenvalue weighted by atomic mass is 10.8. The van der Waals surface area contributed by atoms with Crippen LogP contribution in [0.5, 0.6) is 0 Å². The molecule has 0 radical (unpaired) electrons. The number of hydrogen-bond donors (Lipinski definition) is 3. The predicted octanol–water partition coefficient (Wildman–Crippen LogP) is -1.01. The lowest BCUT2D eigenvalue weighted by Crippen LogP contribution is -1.85. The van der Waals surface area contributed by atoms with E-state index in [9.17, 15) is 4.57 Å². The molecule has 0 fully saturated rings. The second kappa shape index (κ2) is 10.9. The van der Waals surface area contributed by atoms with Gasteiger partial charge in [-0.25, -0.2) is 0 Å². The van der Waals surface area contributed by atoms with E-state index in [0.29, 0.717) is 0 Å². The fourth-order valence-electron chi connectivity index (χ4n) is 0. The molecular weight excluding hydrogens is 147 g/mol. The fraction of sp³-hybridized carbons (Fsp3) is 1.00. The second-order valence-electron chi connectivity index (χ2n) is 0.917. The van der Waals surface area contributed by atoms with Crippen LogP contribution in [0.3, 0.4) is 0 Å². The number of rotatable bonds is 2. The highest BCUT2D eigenvalue weighted by Gasteiger charge is 1.74. The molecule has 0 bridgehead atoms. The van der Waals surface area contributed by atoms with E-state index >= 15 is 0 Å². The van der Waals surface area contributed by atoms with Crippen molar-refractivity contribution >= 4 is 8.25 Å². The lowest BCUT2D eigenvalue weighted by Gasteiger charge is -1.78. The molecule has 1 atom stereocenters. The number of aliphatic hydroxyl groups excluding tert-OH is 2. The van der Waals surface area contributed by atoms with Crippen molar-refractivity contribution in [2.75, 3.05) is 20.3 Å². The Balaban J connectivity index is 0. The average Bonchev–Trinajstić information content (AvgIpc) is 1.89. The van der Waals surface area contributed by atoms with Crippen molar-refractivity contribution in [1.82, 2.24) is 0 Å². The normalized spacial score (nSPS) is 11.6. The third kappa shape index (κ3) is 31.5. The molecule has 3 N–H and O–H groups in total. The molecule has 5 nitrogen and oxygen atoms in total. The average molecular weight is 158 g/mol. The van der Waals surface area contributed by atoms with Crippen molar-refractivity contribution in [2.24, 2.45) is 0 Å². The second-order valence-corrected chi connectivity index (χ2v) is 1.86. The van der Waals surface area contributed by atoms with Gasteiger partial charge in [-0.2, -0.15) is 0 Å². The standard InChI is InChI=1S/C2H6O2.CH5O3P/c3-1-2-4;1-4-5(2)3/h3-4H,1-2H2;5H,1H3,(H,2,3). The minimum absolute atomic E-state index is 0.125. The van der Waals surface area contributed by atoms with E-state index in [1.54, 1.807) is 0 Å². The van der Waals surface area contributed by atoms with Crippen LogP contribution in [0.25, 0.3) is 0 Å². The molecule has 1 unspecified atom stereocenters. The van der Waals surface area contributed by atoms with Gasteiger partial charge < -0.3 is 19.6 Å². The van der Waals surface area contributed by atoms with Gasteiger partial charge in [0.25, 0.3) is 0 Å². The summed E-state index contributed by atoms with van der Waals surface area (Å²) in [4.78, 5) is 7.69. The minimum Gasteiger partial charge on any atom is -0.394 e. The van der Waals surface area contributed by atoms with Crippen LogP contribution in [0.4, 0.5) is 0 Å². The first-order chi connectivity index (χ1) is 4.18. The first-order valence-electron chi connectivity index (χ1n) is 2.17. The van der Waals surface area contributed by atoms with E-state index in [0.717, 1.165) is 0 Å². The maximum absolute atomic E-state index is 9.33. The number of hydrogen-bond acceptors (Lipinski definition) is 4. The Kier molecular flexibility index (Phi) is 14.4. The SMILES string of the molecule is CO[PH](=O)O.OCCO. The van der Waals surface area contributed by atoms with Crippen LogP contribution in [0.2, 0.25) is 0 Å². The lowest BCUT2D eigenvalue weighted by molar-refractivity contribution is 0.186. The third-order valence-electron chi connectivity index (χ3n) is 0.275. The molecule has 0 spiro atoms. The molecule has 0 aromatic rings. The summed E-state index contributed by atoms with van der Waals surface area (Å²) in [5.74, 6) is 0. The Morgan fingerprint density at radius 1 is 1.44 bits per heavy atom. The Labute approximate surface area is 53.8 Å². The first kappa shape index (κ1) is 11.8. The van der Waals surface area contributed by atoms with Gasteiger partial charge in [-0.05, 0) is 0 Å². The van der Waals surface area contributed by atoms with E-state index in [1.165, 1.54) is 7.11 Å². The first-order valence-corrected chi connectivity index (χ1v) is 3.44. The Morgan fingerprint density at radius 2 is 1.67 bits per heavy atom. The monoisotopic (exact) mass is 158 g/mol. The third-order valence-corrected chi connectivity index (χ3v) is 0.624. The predicted molar refractivity (Wildman–Crippen MR) is 32.4 cm³/mol. The molecule has 0 aliphatic heterocycles. The van der Waals surface area contributed by atoms with E-state index in [1.807, 2.05) is 0 Å². The highest BCUT2D eigenvalue weighted by Crippen LogP contribution is 2.09. The van der Waals surface area contributed by atoms with Gasteiger partial charge >= 0.3 is 8.25 Å². The molecule has 0 aliphatic carbocycles. The van der Waals surface area contributed by atoms with Crippen LogP contribution in [-0.2, 0) is 9.09 Å². The van der Waals surface area contributed by atoms with Gasteiger partial charge in [-0.1, -0.05) is 0 Å². The van der Waals surface area contributed by atoms with Crippen LogP contribution < -0.4 is 0 Å². The highest BCUT2D eigenvalue weighted by atomic mass is 31.1. The fourth-order valence-corrected chi connectivity index (χ4v) is 0. The summed E-state index contributed by atoms with van der Waals surface area (Å²) >= 11 is 0. The quantitative estimate of drug-likeness (QED) is 0.448. The molecular formula is C3H11O5P. The molecule has 0 aromatic carbocycles. The molecule has 0 aliphatic rings. The molecule has 0 saturated carbocycles. The smallest absolute Gasteiger partial charge is 0.316 e. The number of aliphatic hydroxyl groups is 2. The van der Waals surface area contributed by atoms with Gasteiger partial charge in [0.05, 0.1) is 13.2 Å². The van der Waals surface area contributed by atoms with Crippen molar-refractivity contribution in [2.45, 2.75) is 0 Å². The van der Waals surface area contributed by atoms with Crippen molar-refractivity contribution in [3.63, 3.8) is 0 Å². The van der Waals surface area contributed by atoms with Crippen LogP contribution >= 0.6 is 8.25 Å². The summed E-state index contributed by atoms with van der Waals surface area (Å²) in [6.07, 6.45) is 0. The van der Waals surface area contributed by atoms with Gasteiger partial charge in [0, 0.05) is 7.11 Å². The maximum Gasteiger partial charge on any atom is 0.316 e. The van der Waals surface area contributed by atoms with E-state index < -0.39 is 8.25 Å². The van der Waals surface area contributed by atoms with Gasteiger partial charge in [-0.15, -0.1) is 0 Å². The minimum atomic E-state index is -2.62. The summed E-state index contributed by atoms with van der Waals surface area (Å²) in [6, 6.07) is 0. The molecule has 0 rings (SSSR count). The summed E-state index contributed by atoms with van der Waals surface area (Å²) < 4.78 is 13.2. The van der Waals surface area contributed by atoms with Crippen molar-refractivity contribution < 1.29 is 24.2 Å². The topological polar surface area (TPSA) is 87.0 Å². The Bertz CT molecular complexity index is 63.2. The van der Waals surface area contributed by atoms with Gasteiger partial charge in [0.15, 0.2) is 0 Å². The Morgan fingerprint density at radius 3 is 1.67 bits per heavy atom. The zero-order valence-corrected chi connectivity index (χ0v) is 6.07. The van der Waals surface area contributed by atoms with Crippen LogP contribution in [0.1, 0.15) is 0 Å². The maximum atomic E-state index is 9.33. The van der Waals surface area contributed by atoms with Crippen LogP contribution in [-0.4, -0.2) is 35.4 Å². The molecule has 58 valence electrons. The van der Waals surface area contributed by atoms with E-state index in [4.69, 9.17) is 15.1 Å². The van der Waals surface area contributed by atoms with Gasteiger partial charge in [0.2, 0.25) is 0 Å². The highest BCUT2D eigenvalue weighted by molar-refractivity contribution is 7.32. The largest absolute Gasteiger partial charge is 0.394 e. The molecule has 6 heteroatoms. The molecule has 0 amide bonds. The molecule has 0 heterocycles. The molecule has 9 heavy (non-hydrogen) atoms. The zero-order chi connectivity index (χ0) is 7.70. The summed E-state index contributed by atoms with van der Waals surface area (Å²) in [6.45, 7) is -0.250. The summed E-state index contributed by atoms with van der Waals surface area (Å²) in [5, 5.41) is 15.2.